The predicted octanol–water partition coefficient (Wildman–Crippen LogP) is 2.00. The third kappa shape index (κ3) is 3.56. The van der Waals surface area contributed by atoms with Crippen LogP contribution in [0.4, 0.5) is 0 Å². The second kappa shape index (κ2) is 7.62. The minimum Gasteiger partial charge on any atom is -0.496 e. The highest BCUT2D eigenvalue weighted by Gasteiger charge is 2.55. The first kappa shape index (κ1) is 18.6. The Morgan fingerprint density at radius 3 is 2.56 bits per heavy atom. The topological polar surface area (TPSA) is 68.0 Å². The number of aryl methyl sites for hydroxylation is 2. The predicted molar refractivity (Wildman–Crippen MR) is 98.8 cm³/mol. The lowest BCUT2D eigenvalue weighted by Gasteiger charge is -2.56. The SMILES string of the molecule is COc1cc(C)c(CN2CCC3(CC2)[C@@H](O)C[C@H]3OCCN)cc1C. The summed E-state index contributed by atoms with van der Waals surface area (Å²) >= 11 is 0. The van der Waals surface area contributed by atoms with Crippen LogP contribution in [0.15, 0.2) is 12.1 Å². The van der Waals surface area contributed by atoms with Crippen LogP contribution in [-0.2, 0) is 11.3 Å². The van der Waals surface area contributed by atoms with Crippen molar-refractivity contribution in [2.24, 2.45) is 11.1 Å². The molecule has 1 aliphatic heterocycles. The van der Waals surface area contributed by atoms with Gasteiger partial charge in [0.05, 0.1) is 25.9 Å². The average molecular weight is 348 g/mol. The summed E-state index contributed by atoms with van der Waals surface area (Å²) in [6, 6.07) is 4.37. The molecular weight excluding hydrogens is 316 g/mol. The molecule has 1 heterocycles. The van der Waals surface area contributed by atoms with Gasteiger partial charge in [0, 0.05) is 24.9 Å². The molecule has 1 aromatic carbocycles. The van der Waals surface area contributed by atoms with E-state index in [1.165, 1.54) is 16.7 Å². The highest BCUT2D eigenvalue weighted by Crippen LogP contribution is 2.51. The first-order chi connectivity index (χ1) is 12.0. The third-order valence-corrected chi connectivity index (χ3v) is 6.21. The Morgan fingerprint density at radius 2 is 1.96 bits per heavy atom. The summed E-state index contributed by atoms with van der Waals surface area (Å²) in [6.45, 7) is 8.34. The van der Waals surface area contributed by atoms with E-state index in [9.17, 15) is 5.11 Å². The van der Waals surface area contributed by atoms with Crippen molar-refractivity contribution in [3.8, 4) is 5.75 Å². The fourth-order valence-electron chi connectivity index (χ4n) is 4.43. The highest BCUT2D eigenvalue weighted by molar-refractivity contribution is 5.41. The van der Waals surface area contributed by atoms with Crippen molar-refractivity contribution >= 4 is 0 Å². The Labute approximate surface area is 151 Å². The molecule has 0 unspecified atom stereocenters. The zero-order valence-corrected chi connectivity index (χ0v) is 15.8. The van der Waals surface area contributed by atoms with Gasteiger partial charge in [0.15, 0.2) is 0 Å². The maximum atomic E-state index is 10.4. The summed E-state index contributed by atoms with van der Waals surface area (Å²) < 4.78 is 11.3. The molecule has 0 radical (unpaired) electrons. The van der Waals surface area contributed by atoms with Gasteiger partial charge in [0.1, 0.15) is 5.75 Å². The number of aliphatic hydroxyl groups is 1. The quantitative estimate of drug-likeness (QED) is 0.823. The van der Waals surface area contributed by atoms with E-state index in [0.717, 1.165) is 44.6 Å². The zero-order valence-electron chi connectivity index (χ0n) is 15.8. The summed E-state index contributed by atoms with van der Waals surface area (Å²) in [4.78, 5) is 2.49. The molecule has 0 aromatic heterocycles. The molecule has 3 N–H and O–H groups in total. The summed E-state index contributed by atoms with van der Waals surface area (Å²) in [6.07, 6.45) is 2.71. The summed E-state index contributed by atoms with van der Waals surface area (Å²) in [5.74, 6) is 0.955. The van der Waals surface area contributed by atoms with E-state index < -0.39 is 0 Å². The monoisotopic (exact) mass is 348 g/mol. The van der Waals surface area contributed by atoms with Crippen LogP contribution in [0, 0.1) is 19.3 Å². The number of nitrogens with two attached hydrogens (primary N) is 1. The summed E-state index contributed by atoms with van der Waals surface area (Å²) in [7, 11) is 1.72. The number of hydrogen-bond acceptors (Lipinski definition) is 5. The third-order valence-electron chi connectivity index (χ3n) is 6.21. The molecule has 1 aliphatic carbocycles. The number of nitrogens with zero attached hydrogens (tertiary/aromatic N) is 1. The molecule has 0 amide bonds. The summed E-state index contributed by atoms with van der Waals surface area (Å²) in [5, 5.41) is 10.4. The van der Waals surface area contributed by atoms with Crippen LogP contribution < -0.4 is 10.5 Å². The molecule has 2 fully saturated rings. The molecule has 1 spiro atoms. The first-order valence-corrected chi connectivity index (χ1v) is 9.36. The lowest BCUT2D eigenvalue weighted by Crippen LogP contribution is -2.62. The average Bonchev–Trinajstić information content (AvgIpc) is 2.61. The largest absolute Gasteiger partial charge is 0.496 e. The maximum absolute atomic E-state index is 10.4. The molecule has 2 atom stereocenters. The Balaban J connectivity index is 1.60. The van der Waals surface area contributed by atoms with Crippen LogP contribution in [0.1, 0.15) is 36.0 Å². The van der Waals surface area contributed by atoms with E-state index in [2.05, 4.69) is 30.9 Å². The second-order valence-corrected chi connectivity index (χ2v) is 7.66. The molecule has 1 saturated heterocycles. The van der Waals surface area contributed by atoms with Crippen molar-refractivity contribution in [3.05, 3.63) is 28.8 Å². The number of benzene rings is 1. The van der Waals surface area contributed by atoms with Crippen LogP contribution in [0.3, 0.4) is 0 Å². The molecule has 25 heavy (non-hydrogen) atoms. The van der Waals surface area contributed by atoms with Crippen LogP contribution in [0.2, 0.25) is 0 Å². The molecule has 5 nitrogen and oxygen atoms in total. The van der Waals surface area contributed by atoms with Crippen molar-refractivity contribution in [2.45, 2.75) is 51.9 Å². The number of aliphatic hydroxyl groups excluding tert-OH is 1. The number of ether oxygens (including phenoxy) is 2. The Bertz CT molecular complexity index is 597. The Kier molecular flexibility index (Phi) is 5.68. The van der Waals surface area contributed by atoms with E-state index in [-0.39, 0.29) is 17.6 Å². The fourth-order valence-corrected chi connectivity index (χ4v) is 4.43. The Hall–Kier alpha value is -1.14. The van der Waals surface area contributed by atoms with Gasteiger partial charge in [-0.05, 0) is 62.5 Å². The van der Waals surface area contributed by atoms with E-state index in [1.54, 1.807) is 7.11 Å². The lowest BCUT2D eigenvalue weighted by atomic mass is 9.58. The van der Waals surface area contributed by atoms with Crippen molar-refractivity contribution in [3.63, 3.8) is 0 Å². The van der Waals surface area contributed by atoms with E-state index >= 15 is 0 Å². The highest BCUT2D eigenvalue weighted by atomic mass is 16.5. The molecule has 0 bridgehead atoms. The zero-order chi connectivity index (χ0) is 18.0. The lowest BCUT2D eigenvalue weighted by molar-refractivity contribution is -0.210. The van der Waals surface area contributed by atoms with Crippen LogP contribution in [-0.4, -0.2) is 55.6 Å². The number of likely N-dealkylation sites (tertiary alicyclic amines) is 1. The molecule has 1 aromatic rings. The van der Waals surface area contributed by atoms with E-state index in [1.807, 2.05) is 0 Å². The van der Waals surface area contributed by atoms with Gasteiger partial charge in [-0.3, -0.25) is 4.90 Å². The molecule has 3 rings (SSSR count). The number of hydrogen-bond donors (Lipinski definition) is 2. The van der Waals surface area contributed by atoms with Crippen LogP contribution in [0.25, 0.3) is 0 Å². The molecular formula is C20H32N2O3. The standard InChI is InChI=1S/C20H32N2O3/c1-14-11-17(24-3)15(2)10-16(14)13-22-7-4-20(5-8-22)18(23)12-19(20)25-9-6-21/h10-11,18-19,23H,4-9,12-13,21H2,1-3H3/t18-,19+/m0/s1. The van der Waals surface area contributed by atoms with Gasteiger partial charge in [0.25, 0.3) is 0 Å². The molecule has 1 saturated carbocycles. The second-order valence-electron chi connectivity index (χ2n) is 7.66. The number of piperidine rings is 1. The van der Waals surface area contributed by atoms with Crippen molar-refractivity contribution in [1.29, 1.82) is 0 Å². The number of rotatable bonds is 6. The smallest absolute Gasteiger partial charge is 0.122 e. The van der Waals surface area contributed by atoms with Crippen molar-refractivity contribution in [2.75, 3.05) is 33.4 Å². The van der Waals surface area contributed by atoms with Gasteiger partial charge in [-0.15, -0.1) is 0 Å². The Morgan fingerprint density at radius 1 is 1.24 bits per heavy atom. The van der Waals surface area contributed by atoms with Gasteiger partial charge in [-0.25, -0.2) is 0 Å². The molecule has 5 heteroatoms. The van der Waals surface area contributed by atoms with Crippen molar-refractivity contribution in [1.82, 2.24) is 4.90 Å². The first-order valence-electron chi connectivity index (χ1n) is 9.36. The fraction of sp³-hybridized carbons (Fsp3) is 0.700. The van der Waals surface area contributed by atoms with Crippen LogP contribution >= 0.6 is 0 Å². The molecule has 140 valence electrons. The van der Waals surface area contributed by atoms with Gasteiger partial charge in [-0.1, -0.05) is 6.07 Å². The van der Waals surface area contributed by atoms with Gasteiger partial charge >= 0.3 is 0 Å². The van der Waals surface area contributed by atoms with Crippen LogP contribution in [0.5, 0.6) is 5.75 Å². The maximum Gasteiger partial charge on any atom is 0.122 e. The van der Waals surface area contributed by atoms with E-state index in [4.69, 9.17) is 15.2 Å². The van der Waals surface area contributed by atoms with Gasteiger partial charge < -0.3 is 20.3 Å². The normalized spacial score (nSPS) is 25.8. The number of methoxy groups -OCH3 is 1. The minimum absolute atomic E-state index is 0.0451. The molecule has 2 aliphatic rings. The van der Waals surface area contributed by atoms with Gasteiger partial charge in [0.2, 0.25) is 0 Å². The summed E-state index contributed by atoms with van der Waals surface area (Å²) in [5.41, 5.74) is 9.33. The minimum atomic E-state index is -0.220. The van der Waals surface area contributed by atoms with Gasteiger partial charge in [-0.2, -0.15) is 0 Å². The van der Waals surface area contributed by atoms with Crippen molar-refractivity contribution < 1.29 is 14.6 Å². The van der Waals surface area contributed by atoms with E-state index in [0.29, 0.717) is 13.2 Å².